The second-order valence-corrected chi connectivity index (χ2v) is 11.1. The Morgan fingerprint density at radius 1 is 0.950 bits per heavy atom. The SMILES string of the molecule is CC(C)(C)OC(=O)NCCCC[C@H](N)C(=O)NCC(O)CNC(=O)Cc1ccccc1Nc1c(Cl)cccc1Cl. The summed E-state index contributed by atoms with van der Waals surface area (Å²) < 4.78 is 5.16. The summed E-state index contributed by atoms with van der Waals surface area (Å²) >= 11 is 12.5. The van der Waals surface area contributed by atoms with Crippen LogP contribution in [0.4, 0.5) is 16.2 Å². The van der Waals surface area contributed by atoms with Crippen LogP contribution in [0.5, 0.6) is 0 Å². The van der Waals surface area contributed by atoms with Gasteiger partial charge < -0.3 is 36.8 Å². The van der Waals surface area contributed by atoms with Crippen molar-refractivity contribution >= 4 is 52.5 Å². The van der Waals surface area contributed by atoms with Gasteiger partial charge in [0.25, 0.3) is 0 Å². The molecule has 0 saturated heterocycles. The number of aliphatic hydroxyl groups excluding tert-OH is 1. The molecule has 12 heteroatoms. The summed E-state index contributed by atoms with van der Waals surface area (Å²) in [6, 6.07) is 11.7. The van der Waals surface area contributed by atoms with E-state index in [1.807, 2.05) is 18.2 Å². The zero-order valence-corrected chi connectivity index (χ0v) is 24.6. The molecule has 220 valence electrons. The molecule has 2 aromatic rings. The van der Waals surface area contributed by atoms with Gasteiger partial charge in [-0.2, -0.15) is 0 Å². The number of nitrogens with two attached hydrogens (primary N) is 1. The van der Waals surface area contributed by atoms with Crippen molar-refractivity contribution in [2.24, 2.45) is 5.73 Å². The summed E-state index contributed by atoms with van der Waals surface area (Å²) in [7, 11) is 0. The fraction of sp³-hybridized carbons (Fsp3) is 0.464. The molecule has 0 spiro atoms. The summed E-state index contributed by atoms with van der Waals surface area (Å²) in [6.07, 6.45) is 0.257. The van der Waals surface area contributed by atoms with Crippen LogP contribution in [0.1, 0.15) is 45.6 Å². The van der Waals surface area contributed by atoms with E-state index in [0.29, 0.717) is 52.8 Å². The number of unbranched alkanes of at least 4 members (excludes halogenated alkanes) is 1. The van der Waals surface area contributed by atoms with Crippen LogP contribution in [0.15, 0.2) is 42.5 Å². The lowest BCUT2D eigenvalue weighted by Gasteiger charge is -2.19. The largest absolute Gasteiger partial charge is 0.444 e. The van der Waals surface area contributed by atoms with Gasteiger partial charge in [-0.3, -0.25) is 9.59 Å². The van der Waals surface area contributed by atoms with Crippen LogP contribution in [-0.4, -0.2) is 60.4 Å². The molecular weight excluding hydrogens is 557 g/mol. The van der Waals surface area contributed by atoms with Crippen molar-refractivity contribution in [2.75, 3.05) is 25.0 Å². The van der Waals surface area contributed by atoms with Crippen molar-refractivity contribution in [3.63, 3.8) is 0 Å². The molecule has 0 aliphatic rings. The average Bonchev–Trinajstić information content (AvgIpc) is 2.87. The number of rotatable bonds is 14. The van der Waals surface area contributed by atoms with Gasteiger partial charge in [-0.25, -0.2) is 4.79 Å². The third-order valence-corrected chi connectivity index (χ3v) is 6.21. The van der Waals surface area contributed by atoms with Crippen molar-refractivity contribution < 1.29 is 24.2 Å². The number of anilines is 2. The molecule has 0 radical (unpaired) electrons. The third kappa shape index (κ3) is 12.4. The number of ether oxygens (including phenoxy) is 1. The normalized spacial score (nSPS) is 12.7. The van der Waals surface area contributed by atoms with E-state index in [1.54, 1.807) is 45.0 Å². The van der Waals surface area contributed by atoms with Crippen molar-refractivity contribution in [1.82, 2.24) is 16.0 Å². The van der Waals surface area contributed by atoms with E-state index in [2.05, 4.69) is 21.3 Å². The van der Waals surface area contributed by atoms with Gasteiger partial charge >= 0.3 is 6.09 Å². The Kier molecular flexibility index (Phi) is 13.5. The van der Waals surface area contributed by atoms with Crippen LogP contribution in [0, 0.1) is 0 Å². The van der Waals surface area contributed by atoms with Gasteiger partial charge in [0.2, 0.25) is 11.8 Å². The molecule has 3 amide bonds. The Hall–Kier alpha value is -3.05. The van der Waals surface area contributed by atoms with Gasteiger partial charge in [0.1, 0.15) is 5.60 Å². The minimum atomic E-state index is -0.992. The maximum Gasteiger partial charge on any atom is 0.407 e. The van der Waals surface area contributed by atoms with E-state index in [0.717, 1.165) is 0 Å². The summed E-state index contributed by atoms with van der Waals surface area (Å²) in [6.45, 7) is 5.67. The van der Waals surface area contributed by atoms with E-state index in [-0.39, 0.29) is 25.4 Å². The lowest BCUT2D eigenvalue weighted by Crippen LogP contribution is -2.46. The van der Waals surface area contributed by atoms with Gasteiger partial charge in [-0.15, -0.1) is 0 Å². The van der Waals surface area contributed by atoms with Gasteiger partial charge in [0, 0.05) is 25.3 Å². The Bertz CT molecular complexity index is 1120. The average molecular weight is 597 g/mol. The van der Waals surface area contributed by atoms with Crippen LogP contribution < -0.4 is 27.0 Å². The highest BCUT2D eigenvalue weighted by atomic mass is 35.5. The second-order valence-electron chi connectivity index (χ2n) is 10.3. The predicted molar refractivity (Wildman–Crippen MR) is 158 cm³/mol. The number of halogens is 2. The molecule has 40 heavy (non-hydrogen) atoms. The van der Waals surface area contributed by atoms with E-state index in [1.165, 1.54) is 0 Å². The molecule has 7 N–H and O–H groups in total. The molecule has 0 heterocycles. The lowest BCUT2D eigenvalue weighted by atomic mass is 10.1. The van der Waals surface area contributed by atoms with Crippen molar-refractivity contribution in [3.8, 4) is 0 Å². The molecule has 0 saturated carbocycles. The number of carbonyl (C=O) groups is 3. The second kappa shape index (κ2) is 16.3. The number of alkyl carbamates (subject to hydrolysis) is 1. The van der Waals surface area contributed by atoms with Crippen LogP contribution in [0.3, 0.4) is 0 Å². The molecule has 1 unspecified atom stereocenters. The Balaban J connectivity index is 1.68. The number of aliphatic hydroxyl groups is 1. The third-order valence-electron chi connectivity index (χ3n) is 5.58. The van der Waals surface area contributed by atoms with Gasteiger partial charge in [0.05, 0.1) is 34.3 Å². The summed E-state index contributed by atoms with van der Waals surface area (Å²) in [5, 5.41) is 22.2. The minimum absolute atomic E-state index is 0.0450. The number of carbonyl (C=O) groups excluding carboxylic acids is 3. The number of benzene rings is 2. The van der Waals surface area contributed by atoms with Crippen molar-refractivity contribution in [1.29, 1.82) is 0 Å². The summed E-state index contributed by atoms with van der Waals surface area (Å²) in [5.74, 6) is -0.703. The Morgan fingerprint density at radius 3 is 2.27 bits per heavy atom. The highest BCUT2D eigenvalue weighted by molar-refractivity contribution is 6.39. The molecule has 0 bridgehead atoms. The standard InChI is InChI=1S/C28H39Cl2N5O5/c1-28(2,3)40-27(39)32-14-7-6-12-22(31)26(38)34-17-19(36)16-33-24(37)15-18-9-4-5-13-23(18)35-25-20(29)10-8-11-21(25)30/h4-5,8-11,13,19,22,35-36H,6-7,12,14-17,31H2,1-3H3,(H,32,39)(H,33,37)(H,34,38)/t19?,22-/m0/s1. The van der Waals surface area contributed by atoms with E-state index < -0.39 is 29.7 Å². The zero-order chi connectivity index (χ0) is 29.7. The lowest BCUT2D eigenvalue weighted by molar-refractivity contribution is -0.123. The Labute approximate surface area is 245 Å². The van der Waals surface area contributed by atoms with Gasteiger partial charge in [-0.05, 0) is 63.8 Å². The topological polar surface area (TPSA) is 155 Å². The Morgan fingerprint density at radius 2 is 1.60 bits per heavy atom. The van der Waals surface area contributed by atoms with Crippen molar-refractivity contribution in [3.05, 3.63) is 58.1 Å². The first kappa shape index (κ1) is 33.2. The van der Waals surface area contributed by atoms with Gasteiger partial charge in [0.15, 0.2) is 0 Å². The molecule has 10 nitrogen and oxygen atoms in total. The quantitative estimate of drug-likeness (QED) is 0.181. The number of hydrogen-bond donors (Lipinski definition) is 6. The van der Waals surface area contributed by atoms with Crippen LogP contribution in [-0.2, 0) is 20.7 Å². The number of nitrogens with one attached hydrogen (secondary N) is 4. The number of amides is 3. The molecule has 2 rings (SSSR count). The summed E-state index contributed by atoms with van der Waals surface area (Å²) in [5.41, 5.74) is 7.30. The molecule has 0 fully saturated rings. The highest BCUT2D eigenvalue weighted by Crippen LogP contribution is 2.33. The first-order valence-corrected chi connectivity index (χ1v) is 13.8. The fourth-order valence-electron chi connectivity index (χ4n) is 3.56. The molecular formula is C28H39Cl2N5O5. The predicted octanol–water partition coefficient (Wildman–Crippen LogP) is 3.90. The highest BCUT2D eigenvalue weighted by Gasteiger charge is 2.17. The molecule has 0 aromatic heterocycles. The van der Waals surface area contributed by atoms with Crippen molar-refractivity contribution in [2.45, 2.75) is 64.2 Å². The molecule has 0 aliphatic heterocycles. The first-order chi connectivity index (χ1) is 18.9. The van der Waals surface area contributed by atoms with E-state index in [4.69, 9.17) is 33.7 Å². The minimum Gasteiger partial charge on any atom is -0.444 e. The van der Waals surface area contributed by atoms with E-state index >= 15 is 0 Å². The number of para-hydroxylation sites is 2. The maximum atomic E-state index is 12.5. The monoisotopic (exact) mass is 595 g/mol. The molecule has 0 aliphatic carbocycles. The fourth-order valence-corrected chi connectivity index (χ4v) is 4.05. The molecule has 2 aromatic carbocycles. The van der Waals surface area contributed by atoms with Crippen LogP contribution >= 0.6 is 23.2 Å². The molecule has 2 atom stereocenters. The van der Waals surface area contributed by atoms with Crippen LogP contribution in [0.2, 0.25) is 10.0 Å². The number of hydrogen-bond acceptors (Lipinski definition) is 7. The van der Waals surface area contributed by atoms with Crippen LogP contribution in [0.25, 0.3) is 0 Å². The van der Waals surface area contributed by atoms with Gasteiger partial charge in [-0.1, -0.05) is 47.5 Å². The smallest absolute Gasteiger partial charge is 0.407 e. The first-order valence-electron chi connectivity index (χ1n) is 13.1. The zero-order valence-electron chi connectivity index (χ0n) is 23.1. The van der Waals surface area contributed by atoms with E-state index in [9.17, 15) is 19.5 Å². The summed E-state index contributed by atoms with van der Waals surface area (Å²) in [4.78, 5) is 36.4. The maximum absolute atomic E-state index is 12.5.